The lowest BCUT2D eigenvalue weighted by molar-refractivity contribution is 0.415. The Labute approximate surface area is 147 Å². The van der Waals surface area contributed by atoms with Gasteiger partial charge in [0.1, 0.15) is 22.8 Å². The molecule has 0 aliphatic carbocycles. The standard InChI is InChI=1S/C20H21N3O2/c1-25-17-8-6-16(7-9-17)22-11-13-23(14-12-22)19-10-5-15-3-2-4-18(24)20(15)21-19/h2-10,24H,11-14H2,1H3. The first-order valence-electron chi connectivity index (χ1n) is 8.47. The number of piperazine rings is 1. The number of aromatic hydroxyl groups is 1. The van der Waals surface area contributed by atoms with Crippen molar-refractivity contribution >= 4 is 22.4 Å². The van der Waals surface area contributed by atoms with Gasteiger partial charge in [0.05, 0.1) is 7.11 Å². The Morgan fingerprint density at radius 2 is 1.60 bits per heavy atom. The van der Waals surface area contributed by atoms with Gasteiger partial charge in [-0.25, -0.2) is 4.98 Å². The van der Waals surface area contributed by atoms with E-state index in [2.05, 4.69) is 26.9 Å². The minimum absolute atomic E-state index is 0.233. The van der Waals surface area contributed by atoms with Crippen LogP contribution in [-0.4, -0.2) is 43.4 Å². The van der Waals surface area contributed by atoms with Gasteiger partial charge < -0.3 is 19.6 Å². The molecule has 5 heteroatoms. The van der Waals surface area contributed by atoms with Crippen molar-refractivity contribution < 1.29 is 9.84 Å². The van der Waals surface area contributed by atoms with Crippen LogP contribution in [0.1, 0.15) is 0 Å². The predicted molar refractivity (Wildman–Crippen MR) is 101 cm³/mol. The summed E-state index contributed by atoms with van der Waals surface area (Å²) in [5.41, 5.74) is 1.88. The van der Waals surface area contributed by atoms with Crippen molar-refractivity contribution in [3.63, 3.8) is 0 Å². The Kier molecular flexibility index (Phi) is 4.06. The van der Waals surface area contributed by atoms with Gasteiger partial charge >= 0.3 is 0 Å². The third-order valence-corrected chi connectivity index (χ3v) is 4.73. The predicted octanol–water partition coefficient (Wildman–Crippen LogP) is 3.28. The molecule has 1 fully saturated rings. The lowest BCUT2D eigenvalue weighted by atomic mass is 10.2. The molecule has 0 saturated carbocycles. The number of pyridine rings is 1. The summed E-state index contributed by atoms with van der Waals surface area (Å²) < 4.78 is 5.22. The highest BCUT2D eigenvalue weighted by molar-refractivity contribution is 5.85. The number of nitrogens with zero attached hydrogens (tertiary/aromatic N) is 3. The van der Waals surface area contributed by atoms with Gasteiger partial charge in [-0.2, -0.15) is 0 Å². The van der Waals surface area contributed by atoms with Crippen molar-refractivity contribution in [2.75, 3.05) is 43.1 Å². The first-order valence-corrected chi connectivity index (χ1v) is 8.47. The largest absolute Gasteiger partial charge is 0.506 e. The van der Waals surface area contributed by atoms with Crippen LogP contribution in [0.4, 0.5) is 11.5 Å². The number of para-hydroxylation sites is 1. The highest BCUT2D eigenvalue weighted by atomic mass is 16.5. The molecule has 4 rings (SSSR count). The maximum atomic E-state index is 10.0. The van der Waals surface area contributed by atoms with Crippen LogP contribution < -0.4 is 14.5 Å². The van der Waals surface area contributed by atoms with E-state index in [1.54, 1.807) is 13.2 Å². The summed E-state index contributed by atoms with van der Waals surface area (Å²) in [6, 6.07) is 17.7. The van der Waals surface area contributed by atoms with Crippen LogP contribution in [0.15, 0.2) is 54.6 Å². The second-order valence-electron chi connectivity index (χ2n) is 6.19. The van der Waals surface area contributed by atoms with Crippen molar-refractivity contribution in [3.8, 4) is 11.5 Å². The molecule has 0 spiro atoms. The summed E-state index contributed by atoms with van der Waals surface area (Å²) in [5.74, 6) is 2.03. The summed E-state index contributed by atoms with van der Waals surface area (Å²) >= 11 is 0. The average Bonchev–Trinajstić information content (AvgIpc) is 2.68. The van der Waals surface area contributed by atoms with Gasteiger partial charge in [0, 0.05) is 37.3 Å². The molecule has 1 aliphatic heterocycles. The molecule has 0 unspecified atom stereocenters. The summed E-state index contributed by atoms with van der Waals surface area (Å²) in [4.78, 5) is 9.30. The van der Waals surface area contributed by atoms with E-state index < -0.39 is 0 Å². The summed E-state index contributed by atoms with van der Waals surface area (Å²) in [5, 5.41) is 11.0. The zero-order valence-electron chi connectivity index (χ0n) is 14.2. The first kappa shape index (κ1) is 15.6. The van der Waals surface area contributed by atoms with Crippen molar-refractivity contribution in [3.05, 3.63) is 54.6 Å². The topological polar surface area (TPSA) is 48.8 Å². The Morgan fingerprint density at radius 3 is 2.32 bits per heavy atom. The second-order valence-corrected chi connectivity index (χ2v) is 6.19. The third-order valence-electron chi connectivity index (χ3n) is 4.73. The van der Waals surface area contributed by atoms with Gasteiger partial charge in [0.25, 0.3) is 0 Å². The number of anilines is 2. The molecule has 25 heavy (non-hydrogen) atoms. The fraction of sp³-hybridized carbons (Fsp3) is 0.250. The van der Waals surface area contributed by atoms with E-state index in [0.717, 1.165) is 43.1 Å². The molecule has 0 radical (unpaired) electrons. The van der Waals surface area contributed by atoms with Crippen molar-refractivity contribution in [1.82, 2.24) is 4.98 Å². The zero-order valence-corrected chi connectivity index (χ0v) is 14.2. The molecule has 0 atom stereocenters. The van der Waals surface area contributed by atoms with Gasteiger partial charge in [0.15, 0.2) is 0 Å². The van der Waals surface area contributed by atoms with E-state index in [-0.39, 0.29) is 5.75 Å². The third kappa shape index (κ3) is 3.05. The molecular formula is C20H21N3O2. The minimum atomic E-state index is 0.233. The highest BCUT2D eigenvalue weighted by Crippen LogP contribution is 2.26. The zero-order chi connectivity index (χ0) is 17.2. The fourth-order valence-corrected chi connectivity index (χ4v) is 3.28. The Bertz CT molecular complexity index is 872. The molecule has 3 aromatic rings. The average molecular weight is 335 g/mol. The lowest BCUT2D eigenvalue weighted by Gasteiger charge is -2.36. The molecule has 5 nitrogen and oxygen atoms in total. The number of rotatable bonds is 3. The maximum Gasteiger partial charge on any atom is 0.141 e. The van der Waals surface area contributed by atoms with E-state index in [9.17, 15) is 5.11 Å². The van der Waals surface area contributed by atoms with E-state index in [1.165, 1.54) is 5.69 Å². The summed E-state index contributed by atoms with van der Waals surface area (Å²) in [7, 11) is 1.68. The normalized spacial score (nSPS) is 14.8. The van der Waals surface area contributed by atoms with Crippen LogP contribution in [0.25, 0.3) is 10.9 Å². The molecule has 1 aromatic heterocycles. The van der Waals surface area contributed by atoms with Crippen LogP contribution in [0, 0.1) is 0 Å². The molecule has 1 aliphatic rings. The van der Waals surface area contributed by atoms with Gasteiger partial charge in [-0.3, -0.25) is 0 Å². The van der Waals surface area contributed by atoms with Crippen molar-refractivity contribution in [2.24, 2.45) is 0 Å². The molecular weight excluding hydrogens is 314 g/mol. The number of ether oxygens (including phenoxy) is 1. The molecule has 0 bridgehead atoms. The number of fused-ring (bicyclic) bond motifs is 1. The molecule has 0 amide bonds. The highest BCUT2D eigenvalue weighted by Gasteiger charge is 2.19. The maximum absolute atomic E-state index is 10.0. The van der Waals surface area contributed by atoms with E-state index in [1.807, 2.05) is 36.4 Å². The number of hydrogen-bond donors (Lipinski definition) is 1. The van der Waals surface area contributed by atoms with Gasteiger partial charge in [-0.05, 0) is 42.5 Å². The first-order chi connectivity index (χ1) is 12.2. The van der Waals surface area contributed by atoms with Gasteiger partial charge in [-0.15, -0.1) is 0 Å². The number of hydrogen-bond acceptors (Lipinski definition) is 5. The van der Waals surface area contributed by atoms with E-state index in [4.69, 9.17) is 4.74 Å². The van der Waals surface area contributed by atoms with Gasteiger partial charge in [0.2, 0.25) is 0 Å². The minimum Gasteiger partial charge on any atom is -0.506 e. The SMILES string of the molecule is COc1ccc(N2CCN(c3ccc4cccc(O)c4n3)CC2)cc1. The number of aromatic nitrogens is 1. The number of phenols is 1. The van der Waals surface area contributed by atoms with Crippen LogP contribution in [0.3, 0.4) is 0 Å². The van der Waals surface area contributed by atoms with Crippen LogP contribution in [-0.2, 0) is 0 Å². The smallest absolute Gasteiger partial charge is 0.141 e. The van der Waals surface area contributed by atoms with Crippen LogP contribution in [0.2, 0.25) is 0 Å². The Balaban J connectivity index is 1.48. The molecule has 2 aromatic carbocycles. The number of benzene rings is 2. The summed E-state index contributed by atoms with van der Waals surface area (Å²) in [6.45, 7) is 3.68. The Hall–Kier alpha value is -2.95. The number of methoxy groups -OCH3 is 1. The monoisotopic (exact) mass is 335 g/mol. The quantitative estimate of drug-likeness (QED) is 0.796. The van der Waals surface area contributed by atoms with E-state index >= 15 is 0 Å². The molecule has 1 N–H and O–H groups in total. The van der Waals surface area contributed by atoms with Crippen LogP contribution >= 0.6 is 0 Å². The molecule has 2 heterocycles. The van der Waals surface area contributed by atoms with Gasteiger partial charge in [-0.1, -0.05) is 12.1 Å². The van der Waals surface area contributed by atoms with Crippen molar-refractivity contribution in [1.29, 1.82) is 0 Å². The van der Waals surface area contributed by atoms with E-state index in [0.29, 0.717) is 5.52 Å². The second kappa shape index (κ2) is 6.51. The Morgan fingerprint density at radius 1 is 0.880 bits per heavy atom. The van der Waals surface area contributed by atoms with Crippen molar-refractivity contribution in [2.45, 2.75) is 0 Å². The summed E-state index contributed by atoms with van der Waals surface area (Å²) in [6.07, 6.45) is 0. The molecule has 1 saturated heterocycles. The lowest BCUT2D eigenvalue weighted by Crippen LogP contribution is -2.46. The molecule has 128 valence electrons. The number of phenolic OH excluding ortho intramolecular Hbond substituents is 1. The fourth-order valence-electron chi connectivity index (χ4n) is 3.28. The van der Waals surface area contributed by atoms with Crippen LogP contribution in [0.5, 0.6) is 11.5 Å².